The van der Waals surface area contributed by atoms with Crippen LogP contribution >= 0.6 is 23.2 Å². The van der Waals surface area contributed by atoms with Crippen molar-refractivity contribution in [3.63, 3.8) is 0 Å². The third-order valence-electron chi connectivity index (χ3n) is 5.08. The number of nitrogens with one attached hydrogen (secondary N) is 1. The lowest BCUT2D eigenvalue weighted by molar-refractivity contribution is -0.141. The Morgan fingerprint density at radius 2 is 1.72 bits per heavy atom. The maximum Gasteiger partial charge on any atom is 0.243 e. The highest BCUT2D eigenvalue weighted by Crippen LogP contribution is 2.24. The predicted molar refractivity (Wildman–Crippen MR) is 126 cm³/mol. The van der Waals surface area contributed by atoms with Gasteiger partial charge in [0.25, 0.3) is 0 Å². The molecule has 10 heteroatoms. The number of carbonyl (C=O) groups is 2. The van der Waals surface area contributed by atoms with Gasteiger partial charge in [-0.25, -0.2) is 8.42 Å². The van der Waals surface area contributed by atoms with Crippen LogP contribution in [0.4, 0.5) is 0 Å². The SMILES string of the molecule is CC[C@H](C(=O)NC)N(Cc1ccc(Cl)cc1Cl)C(=O)CN(C)S(=O)(=O)c1ccc(C)cc1. The number of carbonyl (C=O) groups excluding carboxylic acids is 2. The van der Waals surface area contributed by atoms with Crippen LogP contribution in [0.2, 0.25) is 10.0 Å². The monoisotopic (exact) mass is 499 g/mol. The molecule has 2 rings (SSSR count). The van der Waals surface area contributed by atoms with Crippen LogP contribution in [0.3, 0.4) is 0 Å². The first kappa shape index (κ1) is 26.1. The summed E-state index contributed by atoms with van der Waals surface area (Å²) in [6.07, 6.45) is 0.338. The second-order valence-electron chi connectivity index (χ2n) is 7.37. The fraction of sp³-hybridized carbons (Fsp3) is 0.364. The standard InChI is InChI=1S/C22H27Cl2N3O4S/c1-5-20(22(29)25-3)27(13-16-8-9-17(23)12-19(16)24)21(28)14-26(4)32(30,31)18-10-6-15(2)7-11-18/h6-12,20H,5,13-14H2,1-4H3,(H,25,29)/t20-/m1/s1. The lowest BCUT2D eigenvalue weighted by Gasteiger charge is -2.31. The molecule has 0 spiro atoms. The highest BCUT2D eigenvalue weighted by atomic mass is 35.5. The number of rotatable bonds is 9. The van der Waals surface area contributed by atoms with Crippen molar-refractivity contribution in [3.8, 4) is 0 Å². The second kappa shape index (κ2) is 11.1. The van der Waals surface area contributed by atoms with Gasteiger partial charge in [0, 0.05) is 30.7 Å². The fourth-order valence-corrected chi connectivity index (χ4v) is 4.76. The lowest BCUT2D eigenvalue weighted by Crippen LogP contribution is -2.51. The number of hydrogen-bond donors (Lipinski definition) is 1. The molecule has 0 bridgehead atoms. The maximum atomic E-state index is 13.3. The van der Waals surface area contributed by atoms with E-state index in [4.69, 9.17) is 23.2 Å². The Hall–Kier alpha value is -2.13. The zero-order chi connectivity index (χ0) is 24.1. The third kappa shape index (κ3) is 6.22. The molecule has 2 aromatic rings. The number of nitrogens with zero attached hydrogens (tertiary/aromatic N) is 2. The molecule has 174 valence electrons. The lowest BCUT2D eigenvalue weighted by atomic mass is 10.1. The predicted octanol–water partition coefficient (Wildman–Crippen LogP) is 3.48. The van der Waals surface area contributed by atoms with Gasteiger partial charge < -0.3 is 10.2 Å². The van der Waals surface area contributed by atoms with Gasteiger partial charge in [-0.3, -0.25) is 9.59 Å². The molecule has 2 amide bonds. The molecule has 0 fully saturated rings. The minimum absolute atomic E-state index is 0.0270. The van der Waals surface area contributed by atoms with Gasteiger partial charge in [0.1, 0.15) is 6.04 Å². The second-order valence-corrected chi connectivity index (χ2v) is 10.3. The van der Waals surface area contributed by atoms with E-state index in [9.17, 15) is 18.0 Å². The smallest absolute Gasteiger partial charge is 0.243 e. The van der Waals surface area contributed by atoms with E-state index in [1.54, 1.807) is 37.3 Å². The molecule has 0 aliphatic heterocycles. The summed E-state index contributed by atoms with van der Waals surface area (Å²) in [5, 5.41) is 3.35. The van der Waals surface area contributed by atoms with Gasteiger partial charge in [0.15, 0.2) is 0 Å². The highest BCUT2D eigenvalue weighted by molar-refractivity contribution is 7.89. The average molecular weight is 500 g/mol. The van der Waals surface area contributed by atoms with Crippen molar-refractivity contribution in [1.82, 2.24) is 14.5 Å². The van der Waals surface area contributed by atoms with Crippen LogP contribution in [0.5, 0.6) is 0 Å². The van der Waals surface area contributed by atoms with E-state index in [-0.39, 0.29) is 17.3 Å². The van der Waals surface area contributed by atoms with E-state index in [1.165, 1.54) is 31.1 Å². The molecule has 2 aromatic carbocycles. The van der Waals surface area contributed by atoms with Crippen LogP contribution in [0.25, 0.3) is 0 Å². The molecular formula is C22H27Cl2N3O4S. The van der Waals surface area contributed by atoms with Crippen LogP contribution in [0.15, 0.2) is 47.4 Å². The van der Waals surface area contributed by atoms with Crippen molar-refractivity contribution in [2.24, 2.45) is 0 Å². The Morgan fingerprint density at radius 1 is 1.09 bits per heavy atom. The number of benzene rings is 2. The van der Waals surface area contributed by atoms with Gasteiger partial charge in [0.2, 0.25) is 21.8 Å². The molecule has 0 aromatic heterocycles. The Kier molecular flexibility index (Phi) is 9.09. The molecular weight excluding hydrogens is 473 g/mol. The van der Waals surface area contributed by atoms with Crippen LogP contribution in [-0.2, 0) is 26.2 Å². The Bertz CT molecular complexity index is 1080. The first-order chi connectivity index (χ1) is 15.0. The van der Waals surface area contributed by atoms with Gasteiger partial charge in [-0.05, 0) is 43.2 Å². The first-order valence-corrected chi connectivity index (χ1v) is 12.2. The molecule has 7 nitrogen and oxygen atoms in total. The normalized spacial score (nSPS) is 12.5. The summed E-state index contributed by atoms with van der Waals surface area (Å²) in [5.74, 6) is -0.875. The maximum absolute atomic E-state index is 13.3. The Morgan fingerprint density at radius 3 is 2.25 bits per heavy atom. The topological polar surface area (TPSA) is 86.8 Å². The third-order valence-corrected chi connectivity index (χ3v) is 7.48. The number of amides is 2. The average Bonchev–Trinajstić information content (AvgIpc) is 2.74. The van der Waals surface area contributed by atoms with Gasteiger partial charge >= 0.3 is 0 Å². The van der Waals surface area contributed by atoms with Crippen molar-refractivity contribution in [2.75, 3.05) is 20.6 Å². The number of hydrogen-bond acceptors (Lipinski definition) is 4. The molecule has 0 saturated heterocycles. The minimum Gasteiger partial charge on any atom is -0.357 e. The summed E-state index contributed by atoms with van der Waals surface area (Å²) < 4.78 is 26.8. The number of likely N-dealkylation sites (N-methyl/N-ethyl adjacent to an activating group) is 2. The van der Waals surface area contributed by atoms with Gasteiger partial charge in [-0.1, -0.05) is 53.9 Å². The molecule has 0 aliphatic rings. The molecule has 0 unspecified atom stereocenters. The van der Waals surface area contributed by atoms with Gasteiger partial charge in [0.05, 0.1) is 11.4 Å². The van der Waals surface area contributed by atoms with Crippen LogP contribution in [0, 0.1) is 6.92 Å². The summed E-state index contributed by atoms with van der Waals surface area (Å²) in [5.41, 5.74) is 1.51. The van der Waals surface area contributed by atoms with E-state index in [0.717, 1.165) is 9.87 Å². The number of halogens is 2. The molecule has 32 heavy (non-hydrogen) atoms. The highest BCUT2D eigenvalue weighted by Gasteiger charge is 2.31. The Balaban J connectivity index is 2.34. The fourth-order valence-electron chi connectivity index (χ4n) is 3.18. The van der Waals surface area contributed by atoms with Crippen LogP contribution < -0.4 is 5.32 Å². The van der Waals surface area contributed by atoms with E-state index < -0.39 is 28.5 Å². The summed E-state index contributed by atoms with van der Waals surface area (Å²) in [6, 6.07) is 10.4. The molecule has 0 heterocycles. The van der Waals surface area contributed by atoms with Crippen LogP contribution in [0.1, 0.15) is 24.5 Å². The molecule has 0 radical (unpaired) electrons. The van der Waals surface area contributed by atoms with E-state index in [1.807, 2.05) is 6.92 Å². The van der Waals surface area contributed by atoms with E-state index in [0.29, 0.717) is 22.0 Å². The quantitative estimate of drug-likeness (QED) is 0.571. The molecule has 0 aliphatic carbocycles. The zero-order valence-corrected chi connectivity index (χ0v) is 20.8. The minimum atomic E-state index is -3.89. The van der Waals surface area contributed by atoms with Crippen molar-refractivity contribution in [3.05, 3.63) is 63.6 Å². The molecule has 1 atom stereocenters. The van der Waals surface area contributed by atoms with Gasteiger partial charge in [-0.2, -0.15) is 4.31 Å². The molecule has 1 N–H and O–H groups in total. The summed E-state index contributed by atoms with van der Waals surface area (Å²) in [7, 11) is -1.07. The van der Waals surface area contributed by atoms with E-state index >= 15 is 0 Å². The van der Waals surface area contributed by atoms with Crippen molar-refractivity contribution < 1.29 is 18.0 Å². The summed E-state index contributed by atoms with van der Waals surface area (Å²) in [4.78, 5) is 27.2. The number of aryl methyl sites for hydroxylation is 1. The van der Waals surface area contributed by atoms with Gasteiger partial charge in [-0.15, -0.1) is 0 Å². The summed E-state index contributed by atoms with van der Waals surface area (Å²) in [6.45, 7) is 3.22. The summed E-state index contributed by atoms with van der Waals surface area (Å²) >= 11 is 12.2. The Labute approximate surface area is 199 Å². The van der Waals surface area contributed by atoms with E-state index in [2.05, 4.69) is 5.32 Å². The van der Waals surface area contributed by atoms with Crippen molar-refractivity contribution >= 4 is 45.0 Å². The zero-order valence-electron chi connectivity index (χ0n) is 18.4. The van der Waals surface area contributed by atoms with Crippen molar-refractivity contribution in [2.45, 2.75) is 37.8 Å². The first-order valence-electron chi connectivity index (χ1n) is 9.99. The number of sulfonamides is 1. The van der Waals surface area contributed by atoms with Crippen molar-refractivity contribution in [1.29, 1.82) is 0 Å². The van der Waals surface area contributed by atoms with Crippen LogP contribution in [-0.4, -0.2) is 56.1 Å². The largest absolute Gasteiger partial charge is 0.357 e. The molecule has 0 saturated carbocycles.